The van der Waals surface area contributed by atoms with Gasteiger partial charge in [-0.15, -0.1) is 0 Å². The molecular weight excluding hydrogens is 444 g/mol. The van der Waals surface area contributed by atoms with Crippen molar-refractivity contribution in [3.8, 4) is 17.1 Å². The molecular formula is C25H34N8O2. The van der Waals surface area contributed by atoms with Gasteiger partial charge in [-0.05, 0) is 31.5 Å². The number of fused-ring (bicyclic) bond motifs is 1. The predicted molar refractivity (Wildman–Crippen MR) is 135 cm³/mol. The van der Waals surface area contributed by atoms with Crippen LogP contribution in [0, 0.1) is 12.3 Å². The Morgan fingerprint density at radius 3 is 2.71 bits per heavy atom. The third kappa shape index (κ3) is 4.98. The van der Waals surface area contributed by atoms with E-state index in [1.165, 1.54) is 6.20 Å². The predicted octanol–water partition coefficient (Wildman–Crippen LogP) is 2.51. The van der Waals surface area contributed by atoms with Crippen molar-refractivity contribution in [3.63, 3.8) is 0 Å². The van der Waals surface area contributed by atoms with Gasteiger partial charge in [-0.25, -0.2) is 9.97 Å². The van der Waals surface area contributed by atoms with Crippen LogP contribution in [0.15, 0.2) is 35.5 Å². The molecule has 1 unspecified atom stereocenters. The molecule has 4 N–H and O–H groups in total. The van der Waals surface area contributed by atoms with Gasteiger partial charge in [-0.3, -0.25) is 14.5 Å². The lowest BCUT2D eigenvalue weighted by Gasteiger charge is -2.26. The molecule has 4 aromatic heterocycles. The molecule has 1 atom stereocenters. The highest BCUT2D eigenvalue weighted by atomic mass is 16.5. The molecule has 0 spiro atoms. The minimum absolute atomic E-state index is 0.129. The summed E-state index contributed by atoms with van der Waals surface area (Å²) in [4.78, 5) is 23.7. The number of nitrogens with one attached hydrogen (secondary N) is 2. The Hall–Kier alpha value is -3.50. The zero-order valence-corrected chi connectivity index (χ0v) is 21.2. The average molecular weight is 479 g/mol. The lowest BCUT2D eigenvalue weighted by Crippen LogP contribution is -2.28. The SMILES string of the molecule is CNCc1cnc2ccc(-c3ncc(=O)[nH]c3OCCc3c(C(N)C(C)(C)C)nn(C)c3C)cn12. The van der Waals surface area contributed by atoms with E-state index in [0.29, 0.717) is 31.1 Å². The van der Waals surface area contributed by atoms with E-state index in [4.69, 9.17) is 10.5 Å². The van der Waals surface area contributed by atoms with Gasteiger partial charge in [0.15, 0.2) is 0 Å². The molecule has 0 fully saturated rings. The van der Waals surface area contributed by atoms with Gasteiger partial charge in [0.05, 0.1) is 36.4 Å². The molecule has 35 heavy (non-hydrogen) atoms. The maximum absolute atomic E-state index is 12.1. The number of H-pyrrole nitrogens is 1. The average Bonchev–Trinajstić information content (AvgIpc) is 3.33. The minimum Gasteiger partial charge on any atom is -0.477 e. The van der Waals surface area contributed by atoms with Gasteiger partial charge in [-0.1, -0.05) is 20.8 Å². The molecule has 0 bridgehead atoms. The second-order valence-electron chi connectivity index (χ2n) is 9.87. The lowest BCUT2D eigenvalue weighted by atomic mass is 9.84. The van der Waals surface area contributed by atoms with Crippen molar-refractivity contribution in [1.82, 2.24) is 34.4 Å². The molecule has 4 rings (SSSR count). The summed E-state index contributed by atoms with van der Waals surface area (Å²) in [5.74, 6) is 0.329. The Balaban J connectivity index is 1.61. The molecule has 0 radical (unpaired) electrons. The van der Waals surface area contributed by atoms with Gasteiger partial charge in [0.2, 0.25) is 5.88 Å². The zero-order valence-electron chi connectivity index (χ0n) is 21.2. The van der Waals surface area contributed by atoms with E-state index in [-0.39, 0.29) is 17.0 Å². The van der Waals surface area contributed by atoms with Crippen LogP contribution >= 0.6 is 0 Å². The normalized spacial score (nSPS) is 12.9. The number of hydrogen-bond donors (Lipinski definition) is 3. The molecule has 4 heterocycles. The number of rotatable bonds is 8. The van der Waals surface area contributed by atoms with Gasteiger partial charge >= 0.3 is 0 Å². The number of nitrogens with two attached hydrogens (primary N) is 1. The number of pyridine rings is 1. The van der Waals surface area contributed by atoms with Crippen LogP contribution in [-0.4, -0.2) is 42.8 Å². The van der Waals surface area contributed by atoms with E-state index in [2.05, 4.69) is 46.1 Å². The first kappa shape index (κ1) is 24.6. The Kier molecular flexibility index (Phi) is 6.77. The third-order valence-corrected chi connectivity index (χ3v) is 6.29. The number of hydrogen-bond acceptors (Lipinski definition) is 7. The van der Waals surface area contributed by atoms with Crippen LogP contribution < -0.4 is 21.3 Å². The van der Waals surface area contributed by atoms with E-state index >= 15 is 0 Å². The van der Waals surface area contributed by atoms with Crippen molar-refractivity contribution in [2.75, 3.05) is 13.7 Å². The van der Waals surface area contributed by atoms with Gasteiger partial charge in [-0.2, -0.15) is 5.10 Å². The summed E-state index contributed by atoms with van der Waals surface area (Å²) in [7, 11) is 3.81. The van der Waals surface area contributed by atoms with Gasteiger partial charge in [0.1, 0.15) is 11.3 Å². The number of nitrogens with zero attached hydrogens (tertiary/aromatic N) is 5. The van der Waals surface area contributed by atoms with Crippen LogP contribution in [0.2, 0.25) is 0 Å². The fourth-order valence-electron chi connectivity index (χ4n) is 4.08. The van der Waals surface area contributed by atoms with Crippen molar-refractivity contribution in [2.24, 2.45) is 18.2 Å². The van der Waals surface area contributed by atoms with Gasteiger partial charge < -0.3 is 20.2 Å². The van der Waals surface area contributed by atoms with Crippen molar-refractivity contribution < 1.29 is 4.74 Å². The number of imidazole rings is 1. The molecule has 10 nitrogen and oxygen atoms in total. The van der Waals surface area contributed by atoms with E-state index in [1.54, 1.807) is 0 Å². The largest absolute Gasteiger partial charge is 0.477 e. The van der Waals surface area contributed by atoms with Crippen molar-refractivity contribution in [3.05, 3.63) is 63.7 Å². The number of aromatic nitrogens is 6. The monoisotopic (exact) mass is 478 g/mol. The van der Waals surface area contributed by atoms with Crippen LogP contribution in [0.1, 0.15) is 49.5 Å². The second kappa shape index (κ2) is 9.63. The second-order valence-corrected chi connectivity index (χ2v) is 9.87. The summed E-state index contributed by atoms with van der Waals surface area (Å²) in [6, 6.07) is 3.63. The molecule has 0 aliphatic carbocycles. The highest BCUT2D eigenvalue weighted by Gasteiger charge is 2.28. The maximum Gasteiger partial charge on any atom is 0.269 e. The zero-order chi connectivity index (χ0) is 25.3. The fourth-order valence-corrected chi connectivity index (χ4v) is 4.08. The standard InChI is InChI=1S/C25H34N8O2/c1-15-18(22(31-32(15)6)23(26)25(2,3)4)9-10-35-24-21(29-13-20(34)30-24)16-7-8-19-28-12-17(11-27-5)33(19)14-16/h7-8,12-14,23,27H,9-11,26H2,1-6H3,(H,30,34). The Bertz CT molecular complexity index is 1390. The lowest BCUT2D eigenvalue weighted by molar-refractivity contribution is 0.301. The summed E-state index contributed by atoms with van der Waals surface area (Å²) in [5.41, 5.74) is 12.3. The van der Waals surface area contributed by atoms with Crippen molar-refractivity contribution in [1.29, 1.82) is 0 Å². The summed E-state index contributed by atoms with van der Waals surface area (Å²) >= 11 is 0. The maximum atomic E-state index is 12.1. The van der Waals surface area contributed by atoms with E-state index < -0.39 is 0 Å². The molecule has 186 valence electrons. The Labute approximate surface area is 204 Å². The van der Waals surface area contributed by atoms with E-state index in [9.17, 15) is 4.79 Å². The molecule has 0 aromatic carbocycles. The van der Waals surface area contributed by atoms with E-state index in [0.717, 1.165) is 33.9 Å². The molecule has 0 amide bonds. The smallest absolute Gasteiger partial charge is 0.269 e. The van der Waals surface area contributed by atoms with Crippen molar-refractivity contribution in [2.45, 2.75) is 46.7 Å². The number of aromatic amines is 1. The summed E-state index contributed by atoms with van der Waals surface area (Å²) in [5, 5.41) is 7.83. The molecule has 10 heteroatoms. The van der Waals surface area contributed by atoms with E-state index in [1.807, 2.05) is 54.6 Å². The quantitative estimate of drug-likeness (QED) is 0.355. The van der Waals surface area contributed by atoms with Gasteiger partial charge in [0, 0.05) is 43.0 Å². The highest BCUT2D eigenvalue weighted by Crippen LogP contribution is 2.33. The fraction of sp³-hybridized carbons (Fsp3) is 0.440. The highest BCUT2D eigenvalue weighted by molar-refractivity contribution is 5.65. The third-order valence-electron chi connectivity index (χ3n) is 6.29. The van der Waals surface area contributed by atoms with Crippen LogP contribution in [0.25, 0.3) is 16.9 Å². The molecule has 4 aromatic rings. The van der Waals surface area contributed by atoms with Gasteiger partial charge in [0.25, 0.3) is 5.56 Å². The summed E-state index contributed by atoms with van der Waals surface area (Å²) < 4.78 is 9.96. The first-order valence-electron chi connectivity index (χ1n) is 11.7. The molecule has 0 aliphatic rings. The topological polar surface area (TPSA) is 128 Å². The molecule has 0 saturated carbocycles. The van der Waals surface area contributed by atoms with Crippen molar-refractivity contribution >= 4 is 5.65 Å². The molecule has 0 saturated heterocycles. The first-order chi connectivity index (χ1) is 16.6. The van der Waals surface area contributed by atoms with Crippen LogP contribution in [0.5, 0.6) is 5.88 Å². The van der Waals surface area contributed by atoms with Crippen LogP contribution in [0.3, 0.4) is 0 Å². The number of aryl methyl sites for hydroxylation is 1. The summed E-state index contributed by atoms with van der Waals surface area (Å²) in [6.07, 6.45) is 5.65. The minimum atomic E-state index is -0.323. The Morgan fingerprint density at radius 1 is 1.23 bits per heavy atom. The molecule has 0 aliphatic heterocycles. The van der Waals surface area contributed by atoms with Crippen LogP contribution in [0.4, 0.5) is 0 Å². The summed E-state index contributed by atoms with van der Waals surface area (Å²) in [6.45, 7) is 9.36. The van der Waals surface area contributed by atoms with Crippen LogP contribution in [-0.2, 0) is 20.0 Å². The first-order valence-corrected chi connectivity index (χ1v) is 11.7. The number of ether oxygens (including phenoxy) is 1. The Morgan fingerprint density at radius 2 is 2.00 bits per heavy atom.